The summed E-state index contributed by atoms with van der Waals surface area (Å²) in [5.74, 6) is 0.136. The van der Waals surface area contributed by atoms with E-state index >= 15 is 0 Å². The summed E-state index contributed by atoms with van der Waals surface area (Å²) < 4.78 is 15.2. The number of nitrogens with zero attached hydrogens (tertiary/aromatic N) is 2. The molecule has 0 saturated heterocycles. The van der Waals surface area contributed by atoms with Crippen molar-refractivity contribution in [2.45, 2.75) is 26.3 Å². The molecule has 7 heteroatoms. The summed E-state index contributed by atoms with van der Waals surface area (Å²) in [6.45, 7) is 4.82. The average Bonchev–Trinajstić information content (AvgIpc) is 3.11. The first-order valence-corrected chi connectivity index (χ1v) is 10.00. The molecule has 1 heterocycles. The van der Waals surface area contributed by atoms with Crippen LogP contribution in [0.4, 0.5) is 10.1 Å². The largest absolute Gasteiger partial charge is 0.342 e. The predicted molar refractivity (Wildman–Crippen MR) is 122 cm³/mol. The van der Waals surface area contributed by atoms with Crippen LogP contribution in [0.5, 0.6) is 0 Å². The second-order valence-corrected chi connectivity index (χ2v) is 7.71. The van der Waals surface area contributed by atoms with Gasteiger partial charge in [0.25, 0.3) is 0 Å². The Labute approximate surface area is 180 Å². The number of rotatable bonds is 6. The van der Waals surface area contributed by atoms with Crippen LogP contribution in [0.2, 0.25) is 5.02 Å². The van der Waals surface area contributed by atoms with E-state index in [1.54, 1.807) is 12.3 Å². The third kappa shape index (κ3) is 5.89. The Kier molecular flexibility index (Phi) is 7.01. The Morgan fingerprint density at radius 2 is 1.97 bits per heavy atom. The quantitative estimate of drug-likeness (QED) is 0.297. The fourth-order valence-corrected chi connectivity index (χ4v) is 3.19. The normalized spacial score (nSPS) is 11.2. The van der Waals surface area contributed by atoms with Gasteiger partial charge >= 0.3 is 0 Å². The van der Waals surface area contributed by atoms with E-state index in [2.05, 4.69) is 41.8 Å². The van der Waals surface area contributed by atoms with Gasteiger partial charge in [0, 0.05) is 23.5 Å². The van der Waals surface area contributed by atoms with Crippen molar-refractivity contribution >= 4 is 40.8 Å². The van der Waals surface area contributed by atoms with E-state index in [1.807, 2.05) is 35.0 Å². The van der Waals surface area contributed by atoms with Gasteiger partial charge in [0.1, 0.15) is 5.82 Å². The summed E-state index contributed by atoms with van der Waals surface area (Å²) in [7, 11) is 0. The molecule has 150 valence electrons. The van der Waals surface area contributed by atoms with Crippen molar-refractivity contribution in [2.24, 2.45) is 5.10 Å². The standard InChI is InChI=1S/C22H22ClFN4S/c1-15(2)16-6-9-19(10-7-16)26-22(29)27-25-13-20-4-3-11-28(20)14-17-5-8-18(24)12-21(17)23/h3-13,15H,14H2,1-2H3,(H2,26,27,29)/b25-13+. The fourth-order valence-electron chi connectivity index (χ4n) is 2.79. The maximum atomic E-state index is 13.2. The molecular weight excluding hydrogens is 407 g/mol. The molecule has 0 radical (unpaired) electrons. The SMILES string of the molecule is CC(C)c1ccc(NC(=S)N/N=C/c2cccn2Cc2ccc(F)cc2Cl)cc1. The number of hydrazone groups is 1. The van der Waals surface area contributed by atoms with Crippen molar-refractivity contribution in [2.75, 3.05) is 5.32 Å². The Bertz CT molecular complexity index is 1010. The summed E-state index contributed by atoms with van der Waals surface area (Å²) in [5.41, 5.74) is 6.68. The predicted octanol–water partition coefficient (Wildman–Crippen LogP) is 5.77. The summed E-state index contributed by atoms with van der Waals surface area (Å²) >= 11 is 11.4. The van der Waals surface area contributed by atoms with Gasteiger partial charge < -0.3 is 9.88 Å². The van der Waals surface area contributed by atoms with E-state index < -0.39 is 0 Å². The van der Waals surface area contributed by atoms with E-state index in [4.69, 9.17) is 23.8 Å². The van der Waals surface area contributed by atoms with Crippen molar-refractivity contribution in [1.82, 2.24) is 9.99 Å². The lowest BCUT2D eigenvalue weighted by atomic mass is 10.0. The van der Waals surface area contributed by atoms with Crippen molar-refractivity contribution < 1.29 is 4.39 Å². The summed E-state index contributed by atoms with van der Waals surface area (Å²) in [6, 6.07) is 16.4. The molecular formula is C22H22ClFN4S. The molecule has 3 aromatic rings. The molecule has 0 saturated carbocycles. The summed E-state index contributed by atoms with van der Waals surface area (Å²) in [4.78, 5) is 0. The molecule has 1 aromatic heterocycles. The van der Waals surface area contributed by atoms with Gasteiger partial charge in [-0.1, -0.05) is 43.6 Å². The van der Waals surface area contributed by atoms with Gasteiger partial charge in [-0.15, -0.1) is 0 Å². The number of nitrogens with one attached hydrogen (secondary N) is 2. The molecule has 0 fully saturated rings. The molecule has 0 aliphatic rings. The second-order valence-electron chi connectivity index (χ2n) is 6.90. The van der Waals surface area contributed by atoms with E-state index in [0.29, 0.717) is 22.6 Å². The van der Waals surface area contributed by atoms with Crippen molar-refractivity contribution in [1.29, 1.82) is 0 Å². The Morgan fingerprint density at radius 1 is 1.21 bits per heavy atom. The molecule has 0 bridgehead atoms. The van der Waals surface area contributed by atoms with Crippen molar-refractivity contribution in [3.8, 4) is 0 Å². The lowest BCUT2D eigenvalue weighted by Gasteiger charge is -2.10. The van der Waals surface area contributed by atoms with E-state index in [0.717, 1.165) is 16.9 Å². The lowest BCUT2D eigenvalue weighted by molar-refractivity contribution is 0.626. The van der Waals surface area contributed by atoms with Gasteiger partial charge in [0.15, 0.2) is 5.11 Å². The Balaban J connectivity index is 1.58. The van der Waals surface area contributed by atoms with Gasteiger partial charge in [-0.25, -0.2) is 4.39 Å². The first-order chi connectivity index (χ1) is 13.9. The maximum absolute atomic E-state index is 13.2. The minimum atomic E-state index is -0.350. The van der Waals surface area contributed by atoms with Crippen LogP contribution in [0.15, 0.2) is 65.9 Å². The van der Waals surface area contributed by atoms with Crippen LogP contribution >= 0.6 is 23.8 Å². The average molecular weight is 429 g/mol. The Morgan fingerprint density at radius 3 is 2.66 bits per heavy atom. The number of hydrogen-bond acceptors (Lipinski definition) is 2. The van der Waals surface area contributed by atoms with Gasteiger partial charge in [0.2, 0.25) is 0 Å². The minimum absolute atomic E-state index is 0.350. The van der Waals surface area contributed by atoms with Crippen molar-refractivity contribution in [3.63, 3.8) is 0 Å². The minimum Gasteiger partial charge on any atom is -0.342 e. The van der Waals surface area contributed by atoms with Gasteiger partial charge in [-0.05, 0) is 65.7 Å². The summed E-state index contributed by atoms with van der Waals surface area (Å²) in [5, 5.41) is 8.10. The molecule has 3 rings (SSSR count). The lowest BCUT2D eigenvalue weighted by Crippen LogP contribution is -2.24. The summed E-state index contributed by atoms with van der Waals surface area (Å²) in [6.07, 6.45) is 3.58. The monoisotopic (exact) mass is 428 g/mol. The van der Waals surface area contributed by atoms with Crippen molar-refractivity contribution in [3.05, 3.63) is 88.5 Å². The van der Waals surface area contributed by atoms with Crippen LogP contribution in [0.1, 0.15) is 36.6 Å². The molecule has 2 N–H and O–H groups in total. The first-order valence-electron chi connectivity index (χ1n) is 9.21. The molecule has 0 aliphatic heterocycles. The molecule has 0 spiro atoms. The molecule has 0 amide bonds. The highest BCUT2D eigenvalue weighted by Crippen LogP contribution is 2.19. The third-order valence-electron chi connectivity index (χ3n) is 4.42. The van der Waals surface area contributed by atoms with Crippen LogP contribution in [0.3, 0.4) is 0 Å². The van der Waals surface area contributed by atoms with Crippen LogP contribution < -0.4 is 10.7 Å². The highest BCUT2D eigenvalue weighted by molar-refractivity contribution is 7.80. The fraction of sp³-hybridized carbons (Fsp3) is 0.182. The molecule has 2 aromatic carbocycles. The van der Waals surface area contributed by atoms with E-state index in [9.17, 15) is 4.39 Å². The molecule has 0 atom stereocenters. The zero-order valence-electron chi connectivity index (χ0n) is 16.2. The van der Waals surface area contributed by atoms with Crippen LogP contribution in [-0.2, 0) is 6.54 Å². The van der Waals surface area contributed by atoms with Crippen LogP contribution in [0.25, 0.3) is 0 Å². The van der Waals surface area contributed by atoms with Gasteiger partial charge in [0.05, 0.1) is 11.9 Å². The Hall–Kier alpha value is -2.70. The zero-order valence-corrected chi connectivity index (χ0v) is 17.8. The maximum Gasteiger partial charge on any atom is 0.191 e. The number of anilines is 1. The molecule has 29 heavy (non-hydrogen) atoms. The molecule has 0 aliphatic carbocycles. The number of hydrogen-bond donors (Lipinski definition) is 2. The highest BCUT2D eigenvalue weighted by atomic mass is 35.5. The van der Waals surface area contributed by atoms with Gasteiger partial charge in [-0.3, -0.25) is 5.43 Å². The molecule has 4 nitrogen and oxygen atoms in total. The number of halogens is 2. The number of aromatic nitrogens is 1. The van der Waals surface area contributed by atoms with Crippen LogP contribution in [0, 0.1) is 5.82 Å². The van der Waals surface area contributed by atoms with Crippen LogP contribution in [-0.4, -0.2) is 15.9 Å². The van der Waals surface area contributed by atoms with Gasteiger partial charge in [-0.2, -0.15) is 5.10 Å². The smallest absolute Gasteiger partial charge is 0.191 e. The number of thiocarbonyl (C=S) groups is 1. The second kappa shape index (κ2) is 9.67. The van der Waals surface area contributed by atoms with E-state index in [-0.39, 0.29) is 5.82 Å². The first kappa shape index (κ1) is 21.0. The zero-order chi connectivity index (χ0) is 20.8. The van der Waals surface area contributed by atoms with E-state index in [1.165, 1.54) is 17.7 Å². The molecule has 0 unspecified atom stereocenters. The highest BCUT2D eigenvalue weighted by Gasteiger charge is 2.05. The number of benzene rings is 2. The third-order valence-corrected chi connectivity index (χ3v) is 4.96. The topological polar surface area (TPSA) is 41.4 Å².